The van der Waals surface area contributed by atoms with Gasteiger partial charge in [0.25, 0.3) is 5.22 Å². The number of hydrogen-bond donors (Lipinski definition) is 1. The van der Waals surface area contributed by atoms with E-state index in [4.69, 9.17) is 14.4 Å². The Hall–Kier alpha value is -3.57. The van der Waals surface area contributed by atoms with Crippen LogP contribution in [0.5, 0.6) is 5.75 Å². The Bertz CT molecular complexity index is 1070. The molecule has 2 aromatic carbocycles. The molecule has 146 valence electrons. The van der Waals surface area contributed by atoms with Gasteiger partial charge in [-0.25, -0.2) is 4.79 Å². The summed E-state index contributed by atoms with van der Waals surface area (Å²) < 4.78 is 11.1. The van der Waals surface area contributed by atoms with Crippen molar-refractivity contribution in [3.05, 3.63) is 76.0 Å². The number of hydrogen-bond acceptors (Lipinski definition) is 7. The van der Waals surface area contributed by atoms with E-state index in [1.807, 2.05) is 19.1 Å². The predicted molar refractivity (Wildman–Crippen MR) is 107 cm³/mol. The van der Waals surface area contributed by atoms with Crippen LogP contribution in [-0.4, -0.2) is 21.3 Å². The van der Waals surface area contributed by atoms with Gasteiger partial charge in [-0.2, -0.15) is 5.26 Å². The number of ether oxygens (including phenoxy) is 1. The molecule has 0 fully saturated rings. The molecule has 0 unspecified atom stereocenters. The van der Waals surface area contributed by atoms with Crippen LogP contribution in [0.4, 0.5) is 0 Å². The first-order valence-corrected chi connectivity index (χ1v) is 9.56. The van der Waals surface area contributed by atoms with E-state index >= 15 is 0 Å². The minimum absolute atomic E-state index is 0.0629. The number of nitriles is 1. The molecule has 0 aliphatic carbocycles. The summed E-state index contributed by atoms with van der Waals surface area (Å²) in [5.41, 5.74) is 2.06. The van der Waals surface area contributed by atoms with E-state index in [0.717, 1.165) is 17.3 Å². The normalized spacial score (nSPS) is 11.1. The Morgan fingerprint density at radius 1 is 1.24 bits per heavy atom. The fourth-order valence-electron chi connectivity index (χ4n) is 2.38. The number of thioether (sulfide) groups is 1. The van der Waals surface area contributed by atoms with Gasteiger partial charge in [0.2, 0.25) is 5.89 Å². The van der Waals surface area contributed by atoms with Crippen LogP contribution in [0.25, 0.3) is 6.08 Å². The average Bonchev–Trinajstić information content (AvgIpc) is 3.20. The highest BCUT2D eigenvalue weighted by atomic mass is 32.2. The molecular weight excluding hydrogens is 390 g/mol. The molecule has 3 rings (SSSR count). The molecule has 8 heteroatoms. The highest BCUT2D eigenvalue weighted by molar-refractivity contribution is 8.03. The smallest absolute Gasteiger partial charge is 0.342 e. The number of carboxylic acids is 1. The van der Waals surface area contributed by atoms with E-state index in [1.54, 1.807) is 36.4 Å². The Kier molecular flexibility index (Phi) is 6.66. The van der Waals surface area contributed by atoms with Crippen molar-refractivity contribution < 1.29 is 19.1 Å². The molecule has 0 radical (unpaired) electrons. The third kappa shape index (κ3) is 5.46. The number of aromatic nitrogens is 2. The second kappa shape index (κ2) is 9.57. The lowest BCUT2D eigenvalue weighted by molar-refractivity contribution is -0.131. The SMILES string of the molecule is CCc1nnc(S/C(=C/c2ccc(OCc3ccccc3C#N)cc2)C(=O)O)o1. The topological polar surface area (TPSA) is 109 Å². The number of rotatable bonds is 8. The Labute approximate surface area is 171 Å². The fraction of sp³-hybridized carbons (Fsp3) is 0.143. The van der Waals surface area contributed by atoms with Gasteiger partial charge in [0.1, 0.15) is 17.3 Å². The summed E-state index contributed by atoms with van der Waals surface area (Å²) in [4.78, 5) is 11.6. The van der Waals surface area contributed by atoms with Crippen molar-refractivity contribution in [1.82, 2.24) is 10.2 Å². The maximum atomic E-state index is 11.5. The molecule has 29 heavy (non-hydrogen) atoms. The molecule has 0 atom stereocenters. The summed E-state index contributed by atoms with van der Waals surface area (Å²) in [6, 6.07) is 16.4. The van der Waals surface area contributed by atoms with E-state index in [1.165, 1.54) is 6.08 Å². The first-order valence-electron chi connectivity index (χ1n) is 8.75. The molecule has 7 nitrogen and oxygen atoms in total. The molecule has 3 aromatic rings. The van der Waals surface area contributed by atoms with E-state index < -0.39 is 5.97 Å². The second-order valence-corrected chi connectivity index (χ2v) is 6.85. The van der Waals surface area contributed by atoms with Gasteiger partial charge >= 0.3 is 5.97 Å². The van der Waals surface area contributed by atoms with Crippen molar-refractivity contribution in [3.63, 3.8) is 0 Å². The summed E-state index contributed by atoms with van der Waals surface area (Å²) in [7, 11) is 0. The quantitative estimate of drug-likeness (QED) is 0.435. The van der Waals surface area contributed by atoms with Crippen molar-refractivity contribution in [2.75, 3.05) is 0 Å². The van der Waals surface area contributed by atoms with E-state index in [-0.39, 0.29) is 16.7 Å². The largest absolute Gasteiger partial charge is 0.489 e. The van der Waals surface area contributed by atoms with Gasteiger partial charge < -0.3 is 14.3 Å². The standard InChI is InChI=1S/C21H17N3O4S/c1-2-19-23-24-21(28-19)29-18(20(25)26)11-14-7-9-17(10-8-14)27-13-16-6-4-3-5-15(16)12-22/h3-11H,2,13H2,1H3,(H,25,26)/b18-11+. The number of aliphatic carboxylic acids is 1. The minimum atomic E-state index is -1.08. The van der Waals surface area contributed by atoms with Crippen LogP contribution >= 0.6 is 11.8 Å². The van der Waals surface area contributed by atoms with Crippen LogP contribution in [-0.2, 0) is 17.8 Å². The van der Waals surface area contributed by atoms with Gasteiger partial charge in [-0.15, -0.1) is 10.2 Å². The van der Waals surface area contributed by atoms with Crippen LogP contribution in [0.1, 0.15) is 29.5 Å². The average molecular weight is 407 g/mol. The maximum Gasteiger partial charge on any atom is 0.342 e. The first kappa shape index (κ1) is 20.2. The molecule has 0 saturated heterocycles. The highest BCUT2D eigenvalue weighted by Gasteiger charge is 2.14. The Balaban J connectivity index is 1.69. The van der Waals surface area contributed by atoms with Crippen molar-refractivity contribution in [2.24, 2.45) is 0 Å². The molecule has 0 aliphatic rings. The molecule has 0 spiro atoms. The number of nitrogens with zero attached hydrogens (tertiary/aromatic N) is 3. The molecule has 1 aromatic heterocycles. The van der Waals surface area contributed by atoms with Gasteiger partial charge in [-0.05, 0) is 41.6 Å². The lowest BCUT2D eigenvalue weighted by Crippen LogP contribution is -1.98. The minimum Gasteiger partial charge on any atom is -0.489 e. The van der Waals surface area contributed by atoms with Crippen LogP contribution in [0.15, 0.2) is 63.1 Å². The molecule has 0 saturated carbocycles. The summed E-state index contributed by atoms with van der Waals surface area (Å²) in [5.74, 6) is -0.0136. The number of carboxylic acid groups (broad SMARTS) is 1. The zero-order valence-corrected chi connectivity index (χ0v) is 16.3. The zero-order chi connectivity index (χ0) is 20.6. The van der Waals surface area contributed by atoms with Gasteiger partial charge in [0.15, 0.2) is 0 Å². The lowest BCUT2D eigenvalue weighted by atomic mass is 10.1. The number of aryl methyl sites for hydroxylation is 1. The van der Waals surface area contributed by atoms with Crippen molar-refractivity contribution >= 4 is 23.8 Å². The molecule has 1 heterocycles. The Morgan fingerprint density at radius 2 is 2.00 bits per heavy atom. The number of benzene rings is 2. The van der Waals surface area contributed by atoms with E-state index in [0.29, 0.717) is 29.2 Å². The van der Waals surface area contributed by atoms with Gasteiger partial charge in [-0.3, -0.25) is 0 Å². The van der Waals surface area contributed by atoms with Crippen molar-refractivity contribution in [2.45, 2.75) is 25.2 Å². The van der Waals surface area contributed by atoms with Crippen LogP contribution in [0.2, 0.25) is 0 Å². The Morgan fingerprint density at radius 3 is 2.66 bits per heavy atom. The zero-order valence-electron chi connectivity index (χ0n) is 15.5. The molecule has 0 amide bonds. The van der Waals surface area contributed by atoms with Crippen LogP contribution < -0.4 is 4.74 Å². The van der Waals surface area contributed by atoms with Gasteiger partial charge in [-0.1, -0.05) is 37.3 Å². The number of carbonyl (C=O) groups is 1. The van der Waals surface area contributed by atoms with Crippen molar-refractivity contribution in [1.29, 1.82) is 5.26 Å². The molecule has 0 aliphatic heterocycles. The third-order valence-electron chi connectivity index (χ3n) is 3.87. The summed E-state index contributed by atoms with van der Waals surface area (Å²) in [6.07, 6.45) is 2.11. The molecular formula is C21H17N3O4S. The summed E-state index contributed by atoms with van der Waals surface area (Å²) in [6.45, 7) is 2.14. The lowest BCUT2D eigenvalue weighted by Gasteiger charge is -2.08. The molecule has 1 N–H and O–H groups in total. The van der Waals surface area contributed by atoms with Crippen LogP contribution in [0, 0.1) is 11.3 Å². The van der Waals surface area contributed by atoms with Gasteiger partial charge in [0, 0.05) is 12.0 Å². The fourth-order valence-corrected chi connectivity index (χ4v) is 3.07. The van der Waals surface area contributed by atoms with Crippen molar-refractivity contribution in [3.8, 4) is 11.8 Å². The third-order valence-corrected chi connectivity index (χ3v) is 4.72. The highest BCUT2D eigenvalue weighted by Crippen LogP contribution is 2.28. The first-order chi connectivity index (χ1) is 14.1. The van der Waals surface area contributed by atoms with Gasteiger partial charge in [0.05, 0.1) is 11.6 Å². The molecule has 0 bridgehead atoms. The predicted octanol–water partition coefficient (Wildman–Crippen LogP) is 4.30. The second-order valence-electron chi connectivity index (χ2n) is 5.86. The van der Waals surface area contributed by atoms with E-state index in [2.05, 4.69) is 16.3 Å². The summed E-state index contributed by atoms with van der Waals surface area (Å²) >= 11 is 0.903. The maximum absolute atomic E-state index is 11.5. The summed E-state index contributed by atoms with van der Waals surface area (Å²) in [5, 5.41) is 26.4. The monoisotopic (exact) mass is 407 g/mol. The van der Waals surface area contributed by atoms with Crippen LogP contribution in [0.3, 0.4) is 0 Å². The van der Waals surface area contributed by atoms with E-state index in [9.17, 15) is 9.90 Å².